The predicted molar refractivity (Wildman–Crippen MR) is 115 cm³/mol. The molecule has 1 aliphatic heterocycles. The number of phenols is 1. The Labute approximate surface area is 192 Å². The van der Waals surface area contributed by atoms with Crippen molar-refractivity contribution in [3.8, 4) is 11.6 Å². The number of phenolic OH excluding ortho intramolecular Hbond substituents is 1. The maximum atomic E-state index is 14.7. The standard InChI is InChI=1S/C22H22F3N5O4/c1-22(2,3)34-21(32)30-7-6-11(9-30)33-20-12(23)8-14-18(29-20)19(27-10-26-14)28-13-4-5-15(31)17(25)16(13)24/h4-5,8,10-11,31H,6-7,9H2,1-3H3,(H,26,27,28)/t11-/m0/s1. The van der Waals surface area contributed by atoms with Crippen molar-refractivity contribution in [3.63, 3.8) is 0 Å². The molecule has 34 heavy (non-hydrogen) atoms. The van der Waals surface area contributed by atoms with Gasteiger partial charge in [0.15, 0.2) is 23.2 Å². The number of hydrogen-bond donors (Lipinski definition) is 2. The summed E-state index contributed by atoms with van der Waals surface area (Å²) in [4.78, 5) is 25.8. The Kier molecular flexibility index (Phi) is 6.07. The first-order valence-electron chi connectivity index (χ1n) is 10.4. The summed E-state index contributed by atoms with van der Waals surface area (Å²) in [6.07, 6.45) is 0.522. The highest BCUT2D eigenvalue weighted by Gasteiger charge is 2.32. The van der Waals surface area contributed by atoms with Gasteiger partial charge in [0.2, 0.25) is 5.82 Å². The van der Waals surface area contributed by atoms with Gasteiger partial charge in [0, 0.05) is 19.0 Å². The molecule has 0 bridgehead atoms. The zero-order valence-electron chi connectivity index (χ0n) is 18.6. The summed E-state index contributed by atoms with van der Waals surface area (Å²) in [5.74, 6) is -4.75. The average molecular weight is 477 g/mol. The number of aromatic nitrogens is 3. The van der Waals surface area contributed by atoms with Crippen LogP contribution in [0.2, 0.25) is 0 Å². The third-order valence-electron chi connectivity index (χ3n) is 4.92. The summed E-state index contributed by atoms with van der Waals surface area (Å²) in [6.45, 7) is 5.83. The van der Waals surface area contributed by atoms with E-state index >= 15 is 0 Å². The largest absolute Gasteiger partial charge is 0.505 e. The number of ether oxygens (including phenoxy) is 2. The van der Waals surface area contributed by atoms with Crippen LogP contribution in [0.1, 0.15) is 27.2 Å². The van der Waals surface area contributed by atoms with Crippen molar-refractivity contribution in [2.24, 2.45) is 0 Å². The van der Waals surface area contributed by atoms with E-state index in [1.54, 1.807) is 20.8 Å². The zero-order valence-corrected chi connectivity index (χ0v) is 18.6. The lowest BCUT2D eigenvalue weighted by Crippen LogP contribution is -2.36. The number of amides is 1. The molecule has 3 aromatic rings. The van der Waals surface area contributed by atoms with Crippen molar-refractivity contribution < 1.29 is 32.5 Å². The van der Waals surface area contributed by atoms with Gasteiger partial charge in [-0.1, -0.05) is 0 Å². The van der Waals surface area contributed by atoms with Gasteiger partial charge in [-0.3, -0.25) is 0 Å². The van der Waals surface area contributed by atoms with Crippen LogP contribution in [0.3, 0.4) is 0 Å². The lowest BCUT2D eigenvalue weighted by Gasteiger charge is -2.24. The van der Waals surface area contributed by atoms with Crippen molar-refractivity contribution >= 4 is 28.6 Å². The lowest BCUT2D eigenvalue weighted by molar-refractivity contribution is 0.0274. The summed E-state index contributed by atoms with van der Waals surface area (Å²) in [5.41, 5.74) is -0.809. The van der Waals surface area contributed by atoms with Crippen LogP contribution in [-0.2, 0) is 4.74 Å². The maximum Gasteiger partial charge on any atom is 0.410 e. The highest BCUT2D eigenvalue weighted by molar-refractivity contribution is 5.87. The van der Waals surface area contributed by atoms with Crippen LogP contribution >= 0.6 is 0 Å². The average Bonchev–Trinajstić information content (AvgIpc) is 3.23. The summed E-state index contributed by atoms with van der Waals surface area (Å²) in [5, 5.41) is 11.9. The number of benzene rings is 1. The fraction of sp³-hybridized carbons (Fsp3) is 0.364. The van der Waals surface area contributed by atoms with E-state index < -0.39 is 41.0 Å². The predicted octanol–water partition coefficient (Wildman–Crippen LogP) is 4.28. The topological polar surface area (TPSA) is 110 Å². The van der Waals surface area contributed by atoms with Gasteiger partial charge in [0.05, 0.1) is 17.7 Å². The monoisotopic (exact) mass is 477 g/mol. The molecule has 0 spiro atoms. The minimum absolute atomic E-state index is 0.0272. The second-order valence-electron chi connectivity index (χ2n) is 8.71. The lowest BCUT2D eigenvalue weighted by atomic mass is 10.2. The highest BCUT2D eigenvalue weighted by atomic mass is 19.2. The van der Waals surface area contributed by atoms with Crippen LogP contribution in [0.25, 0.3) is 11.0 Å². The van der Waals surface area contributed by atoms with E-state index in [-0.39, 0.29) is 35.0 Å². The van der Waals surface area contributed by atoms with Crippen molar-refractivity contribution in [1.82, 2.24) is 19.9 Å². The molecule has 1 saturated heterocycles. The molecule has 12 heteroatoms. The number of pyridine rings is 1. The molecule has 180 valence electrons. The maximum absolute atomic E-state index is 14.7. The number of carbonyl (C=O) groups excluding carboxylic acids is 1. The summed E-state index contributed by atoms with van der Waals surface area (Å²) in [6, 6.07) is 3.17. The Balaban J connectivity index is 1.56. The second-order valence-corrected chi connectivity index (χ2v) is 8.71. The first kappa shape index (κ1) is 23.3. The van der Waals surface area contributed by atoms with Gasteiger partial charge in [-0.2, -0.15) is 4.39 Å². The molecule has 2 aromatic heterocycles. The van der Waals surface area contributed by atoms with E-state index in [1.807, 2.05) is 0 Å². The first-order valence-corrected chi connectivity index (χ1v) is 10.4. The van der Waals surface area contributed by atoms with E-state index in [0.29, 0.717) is 13.0 Å². The number of halogens is 3. The summed E-state index contributed by atoms with van der Waals surface area (Å²) < 4.78 is 53.6. The Bertz CT molecular complexity index is 1250. The molecule has 0 radical (unpaired) electrons. The van der Waals surface area contributed by atoms with Gasteiger partial charge in [0.25, 0.3) is 5.88 Å². The fourth-order valence-corrected chi connectivity index (χ4v) is 3.36. The number of likely N-dealkylation sites (tertiary alicyclic amines) is 1. The van der Waals surface area contributed by atoms with Crippen molar-refractivity contribution in [2.75, 3.05) is 18.4 Å². The Morgan fingerprint density at radius 3 is 2.71 bits per heavy atom. The van der Waals surface area contributed by atoms with Crippen molar-refractivity contribution in [1.29, 1.82) is 0 Å². The van der Waals surface area contributed by atoms with Gasteiger partial charge in [-0.05, 0) is 32.9 Å². The number of fused-ring (bicyclic) bond motifs is 1. The zero-order chi connectivity index (χ0) is 24.6. The number of hydrogen-bond acceptors (Lipinski definition) is 8. The first-order chi connectivity index (χ1) is 16.0. The number of aromatic hydroxyl groups is 1. The van der Waals surface area contributed by atoms with Crippen molar-refractivity contribution in [3.05, 3.63) is 42.0 Å². The van der Waals surface area contributed by atoms with Crippen molar-refractivity contribution in [2.45, 2.75) is 38.9 Å². The van der Waals surface area contributed by atoms with Gasteiger partial charge in [-0.25, -0.2) is 28.5 Å². The Morgan fingerprint density at radius 1 is 1.21 bits per heavy atom. The number of rotatable bonds is 4. The molecule has 1 amide bonds. The smallest absolute Gasteiger partial charge is 0.410 e. The van der Waals surface area contributed by atoms with Gasteiger partial charge < -0.3 is 24.8 Å². The fourth-order valence-electron chi connectivity index (χ4n) is 3.36. The molecule has 0 saturated carbocycles. The SMILES string of the molecule is CC(C)(C)OC(=O)N1CC[C@H](Oc2nc3c(Nc4ccc(O)c(F)c4F)ncnc3cc2F)C1. The molecule has 1 aromatic carbocycles. The van der Waals surface area contributed by atoms with E-state index in [4.69, 9.17) is 9.47 Å². The number of anilines is 2. The molecule has 1 atom stereocenters. The molecule has 1 fully saturated rings. The van der Waals surface area contributed by atoms with E-state index in [9.17, 15) is 23.1 Å². The van der Waals surface area contributed by atoms with Crippen LogP contribution in [0, 0.1) is 17.5 Å². The Morgan fingerprint density at radius 2 is 1.97 bits per heavy atom. The van der Waals surface area contributed by atoms with Gasteiger partial charge >= 0.3 is 6.09 Å². The second kappa shape index (κ2) is 8.84. The minimum atomic E-state index is -1.43. The quantitative estimate of drug-likeness (QED) is 0.536. The van der Waals surface area contributed by atoms with E-state index in [1.165, 1.54) is 4.90 Å². The number of nitrogens with one attached hydrogen (secondary N) is 1. The summed E-state index contributed by atoms with van der Waals surface area (Å²) in [7, 11) is 0. The van der Waals surface area contributed by atoms with Crippen LogP contribution < -0.4 is 10.1 Å². The van der Waals surface area contributed by atoms with Crippen LogP contribution in [0.4, 0.5) is 29.5 Å². The van der Waals surface area contributed by atoms with Crippen LogP contribution in [-0.4, -0.2) is 55.8 Å². The van der Waals surface area contributed by atoms with Gasteiger partial charge in [0.1, 0.15) is 23.5 Å². The molecule has 9 nitrogen and oxygen atoms in total. The van der Waals surface area contributed by atoms with E-state index in [2.05, 4.69) is 20.3 Å². The molecule has 2 N–H and O–H groups in total. The minimum Gasteiger partial charge on any atom is -0.505 e. The molecule has 1 aliphatic rings. The molecule has 0 unspecified atom stereocenters. The van der Waals surface area contributed by atoms with Gasteiger partial charge in [-0.15, -0.1) is 0 Å². The number of nitrogens with zero attached hydrogens (tertiary/aromatic N) is 4. The molecule has 3 heterocycles. The molecular weight excluding hydrogens is 455 g/mol. The normalized spacial score (nSPS) is 16.1. The molecular formula is C22H22F3N5O4. The third kappa shape index (κ3) is 4.90. The number of carbonyl (C=O) groups is 1. The molecule has 4 rings (SSSR count). The van der Waals surface area contributed by atoms with E-state index in [0.717, 1.165) is 24.5 Å². The highest BCUT2D eigenvalue weighted by Crippen LogP contribution is 2.30. The third-order valence-corrected chi connectivity index (χ3v) is 4.92. The molecule has 0 aliphatic carbocycles. The Hall–Kier alpha value is -3.83. The van der Waals surface area contributed by atoms with Crippen LogP contribution in [0.15, 0.2) is 24.5 Å². The van der Waals surface area contributed by atoms with Crippen LogP contribution in [0.5, 0.6) is 11.6 Å². The summed E-state index contributed by atoms with van der Waals surface area (Å²) >= 11 is 0.